The molecule has 0 aromatic rings. The minimum absolute atomic E-state index is 0.0833. The Bertz CT molecular complexity index is 164. The van der Waals surface area contributed by atoms with E-state index in [2.05, 4.69) is 0 Å². The van der Waals surface area contributed by atoms with Crippen molar-refractivity contribution in [2.45, 2.75) is 12.6 Å². The number of halogens is 3. The molecule has 0 aromatic heterocycles. The van der Waals surface area contributed by atoms with Gasteiger partial charge in [-0.25, -0.2) is 0 Å². The molecule has 0 bridgehead atoms. The summed E-state index contributed by atoms with van der Waals surface area (Å²) in [6.45, 7) is 0. The molecule has 10 heavy (non-hydrogen) atoms. The Hall–Kier alpha value is -0.730. The van der Waals surface area contributed by atoms with Gasteiger partial charge in [0.15, 0.2) is 0 Å². The Morgan fingerprint density at radius 1 is 1.20 bits per heavy atom. The number of allylic oxidation sites excluding steroid dienone is 4. The Morgan fingerprint density at radius 2 is 1.90 bits per heavy atom. The van der Waals surface area contributed by atoms with E-state index < -0.39 is 12.1 Å². The van der Waals surface area contributed by atoms with E-state index in [4.69, 9.17) is 0 Å². The van der Waals surface area contributed by atoms with Gasteiger partial charge in [0.1, 0.15) is 0 Å². The highest BCUT2D eigenvalue weighted by Gasteiger charge is 2.36. The first kappa shape index (κ1) is 7.38. The fraction of sp³-hybridized carbons (Fsp3) is 0.429. The van der Waals surface area contributed by atoms with Crippen molar-refractivity contribution in [1.82, 2.24) is 0 Å². The fourth-order valence-corrected chi connectivity index (χ4v) is 0.823. The second-order valence-corrected chi connectivity index (χ2v) is 2.20. The second kappa shape index (κ2) is 2.48. The zero-order valence-corrected chi connectivity index (χ0v) is 5.23. The van der Waals surface area contributed by atoms with Crippen LogP contribution < -0.4 is 0 Å². The largest absolute Gasteiger partial charge is 0.395 e. The molecule has 3 heteroatoms. The molecule has 0 heterocycles. The van der Waals surface area contributed by atoms with Gasteiger partial charge in [0.2, 0.25) is 0 Å². The third kappa shape index (κ3) is 1.62. The van der Waals surface area contributed by atoms with Crippen LogP contribution >= 0.6 is 0 Å². The highest BCUT2D eigenvalue weighted by Crippen LogP contribution is 2.31. The van der Waals surface area contributed by atoms with Crippen molar-refractivity contribution in [2.24, 2.45) is 5.92 Å². The molecular formula is C7H7F3. The predicted octanol–water partition coefficient (Wildman–Crippen LogP) is 2.68. The molecule has 0 aliphatic heterocycles. The standard InChI is InChI=1S/C7H7F3/c8-7(9,10)6-4-2-1-3-5-6/h1-4,6H,5H2. The topological polar surface area (TPSA) is 0 Å². The van der Waals surface area contributed by atoms with Crippen LogP contribution in [0.5, 0.6) is 0 Å². The molecule has 0 saturated heterocycles. The smallest absolute Gasteiger partial charge is 0.170 e. The van der Waals surface area contributed by atoms with Gasteiger partial charge in [0.05, 0.1) is 5.92 Å². The molecule has 1 aliphatic rings. The van der Waals surface area contributed by atoms with E-state index in [0.717, 1.165) is 0 Å². The zero-order chi connectivity index (χ0) is 7.61. The van der Waals surface area contributed by atoms with E-state index in [1.807, 2.05) is 0 Å². The number of alkyl halides is 3. The summed E-state index contributed by atoms with van der Waals surface area (Å²) in [5.74, 6) is -1.27. The van der Waals surface area contributed by atoms with Crippen LogP contribution in [0.25, 0.3) is 0 Å². The van der Waals surface area contributed by atoms with Crippen molar-refractivity contribution in [1.29, 1.82) is 0 Å². The van der Waals surface area contributed by atoms with E-state index >= 15 is 0 Å². The number of hydrogen-bond donors (Lipinski definition) is 0. The summed E-state index contributed by atoms with van der Waals surface area (Å²) < 4.78 is 35.6. The average Bonchev–Trinajstić information content (AvgIpc) is 1.88. The van der Waals surface area contributed by atoms with Gasteiger partial charge in [-0.2, -0.15) is 13.2 Å². The minimum Gasteiger partial charge on any atom is -0.170 e. The summed E-state index contributed by atoms with van der Waals surface area (Å²) in [6, 6.07) is 0. The Balaban J connectivity index is 2.60. The van der Waals surface area contributed by atoms with Crippen molar-refractivity contribution < 1.29 is 13.2 Å². The summed E-state index contributed by atoms with van der Waals surface area (Å²) in [4.78, 5) is 0. The van der Waals surface area contributed by atoms with Crippen LogP contribution in [0.1, 0.15) is 6.42 Å². The van der Waals surface area contributed by atoms with E-state index in [-0.39, 0.29) is 6.42 Å². The van der Waals surface area contributed by atoms with Crippen LogP contribution in [0.3, 0.4) is 0 Å². The summed E-state index contributed by atoms with van der Waals surface area (Å²) in [5.41, 5.74) is 0. The van der Waals surface area contributed by atoms with Crippen LogP contribution in [-0.2, 0) is 0 Å². The normalized spacial score (nSPS) is 25.3. The van der Waals surface area contributed by atoms with Crippen molar-refractivity contribution in [2.75, 3.05) is 0 Å². The van der Waals surface area contributed by atoms with Gasteiger partial charge in [0.25, 0.3) is 0 Å². The fourth-order valence-electron chi connectivity index (χ4n) is 0.823. The first-order valence-electron chi connectivity index (χ1n) is 3.01. The summed E-state index contributed by atoms with van der Waals surface area (Å²) in [6.07, 6.45) is 1.78. The van der Waals surface area contributed by atoms with E-state index in [1.54, 1.807) is 6.08 Å². The molecule has 1 aliphatic carbocycles. The average molecular weight is 148 g/mol. The van der Waals surface area contributed by atoms with Crippen LogP contribution in [0, 0.1) is 5.92 Å². The van der Waals surface area contributed by atoms with Crippen LogP contribution in [0.2, 0.25) is 0 Å². The summed E-state index contributed by atoms with van der Waals surface area (Å²) in [5, 5.41) is 0. The van der Waals surface area contributed by atoms with Gasteiger partial charge >= 0.3 is 6.18 Å². The molecule has 1 atom stereocenters. The molecule has 0 saturated carbocycles. The van der Waals surface area contributed by atoms with Gasteiger partial charge < -0.3 is 0 Å². The maximum absolute atomic E-state index is 11.9. The zero-order valence-electron chi connectivity index (χ0n) is 5.23. The molecule has 0 N–H and O–H groups in total. The van der Waals surface area contributed by atoms with Gasteiger partial charge in [-0.05, 0) is 6.42 Å². The van der Waals surface area contributed by atoms with Crippen LogP contribution in [0.4, 0.5) is 13.2 Å². The molecule has 0 spiro atoms. The lowest BCUT2D eigenvalue weighted by molar-refractivity contribution is -0.160. The summed E-state index contributed by atoms with van der Waals surface area (Å²) in [7, 11) is 0. The van der Waals surface area contributed by atoms with E-state index in [1.165, 1.54) is 18.2 Å². The lowest BCUT2D eigenvalue weighted by Crippen LogP contribution is -2.20. The molecule has 56 valence electrons. The second-order valence-electron chi connectivity index (χ2n) is 2.20. The van der Waals surface area contributed by atoms with E-state index in [0.29, 0.717) is 0 Å². The van der Waals surface area contributed by atoms with Crippen molar-refractivity contribution in [3.63, 3.8) is 0 Å². The third-order valence-electron chi connectivity index (χ3n) is 1.40. The molecule has 0 aromatic carbocycles. The maximum atomic E-state index is 11.9. The Kier molecular flexibility index (Phi) is 1.83. The SMILES string of the molecule is FC(F)(F)C1C=CC=CC1. The molecular weight excluding hydrogens is 141 g/mol. The molecule has 0 amide bonds. The van der Waals surface area contributed by atoms with Crippen molar-refractivity contribution in [3.05, 3.63) is 24.3 Å². The van der Waals surface area contributed by atoms with Crippen molar-refractivity contribution >= 4 is 0 Å². The molecule has 0 radical (unpaired) electrons. The van der Waals surface area contributed by atoms with Gasteiger partial charge in [-0.15, -0.1) is 0 Å². The quantitative estimate of drug-likeness (QED) is 0.495. The van der Waals surface area contributed by atoms with Crippen LogP contribution in [-0.4, -0.2) is 6.18 Å². The highest BCUT2D eigenvalue weighted by atomic mass is 19.4. The predicted molar refractivity (Wildman–Crippen MR) is 32.4 cm³/mol. The van der Waals surface area contributed by atoms with Crippen molar-refractivity contribution in [3.8, 4) is 0 Å². The number of rotatable bonds is 0. The first-order valence-corrected chi connectivity index (χ1v) is 3.01. The Morgan fingerprint density at radius 3 is 2.20 bits per heavy atom. The molecule has 0 nitrogen and oxygen atoms in total. The lowest BCUT2D eigenvalue weighted by atomic mass is 10.0. The minimum atomic E-state index is -4.07. The molecule has 1 rings (SSSR count). The van der Waals surface area contributed by atoms with Crippen LogP contribution in [0.15, 0.2) is 24.3 Å². The number of hydrogen-bond acceptors (Lipinski definition) is 0. The third-order valence-corrected chi connectivity index (χ3v) is 1.40. The van der Waals surface area contributed by atoms with Gasteiger partial charge in [0, 0.05) is 0 Å². The summed E-state index contributed by atoms with van der Waals surface area (Å²) >= 11 is 0. The van der Waals surface area contributed by atoms with Gasteiger partial charge in [-0.1, -0.05) is 24.3 Å². The Labute approximate surface area is 57.0 Å². The van der Waals surface area contributed by atoms with E-state index in [9.17, 15) is 13.2 Å². The van der Waals surface area contributed by atoms with Gasteiger partial charge in [-0.3, -0.25) is 0 Å². The first-order chi connectivity index (χ1) is 4.61. The molecule has 1 unspecified atom stereocenters. The maximum Gasteiger partial charge on any atom is 0.395 e. The lowest BCUT2D eigenvalue weighted by Gasteiger charge is -2.15. The highest BCUT2D eigenvalue weighted by molar-refractivity contribution is 5.12. The molecule has 0 fully saturated rings. The monoisotopic (exact) mass is 148 g/mol.